The van der Waals surface area contributed by atoms with Crippen LogP contribution >= 0.6 is 0 Å². The van der Waals surface area contributed by atoms with Gasteiger partial charge < -0.3 is 15.0 Å². The monoisotopic (exact) mass is 265 g/mol. The fourth-order valence-corrected chi connectivity index (χ4v) is 2.96. The fourth-order valence-electron chi connectivity index (χ4n) is 2.96. The van der Waals surface area contributed by atoms with Gasteiger partial charge in [0.2, 0.25) is 0 Å². The summed E-state index contributed by atoms with van der Waals surface area (Å²) in [7, 11) is 0. The molecule has 1 heterocycles. The van der Waals surface area contributed by atoms with Gasteiger partial charge in [-0.2, -0.15) is 0 Å². The third kappa shape index (κ3) is 4.05. The van der Waals surface area contributed by atoms with Gasteiger partial charge in [0.25, 0.3) is 0 Å². The van der Waals surface area contributed by atoms with Crippen LogP contribution in [0, 0.1) is 5.92 Å². The zero-order valence-corrected chi connectivity index (χ0v) is 12.2. The number of hydrogen-bond acceptors (Lipinski definition) is 3. The molecule has 1 atom stereocenters. The first-order valence-corrected chi connectivity index (χ1v) is 7.60. The van der Waals surface area contributed by atoms with Crippen molar-refractivity contribution < 1.29 is 4.74 Å². The molecule has 0 aliphatic heterocycles. The lowest BCUT2D eigenvalue weighted by atomic mass is 9.78. The zero-order chi connectivity index (χ0) is 13.7. The molecule has 0 spiro atoms. The maximum Gasteiger partial charge on any atom is 0.110 e. The third-order valence-electron chi connectivity index (χ3n) is 3.94. The van der Waals surface area contributed by atoms with Crippen molar-refractivity contribution in [1.29, 1.82) is 0 Å². The first kappa shape index (κ1) is 14.5. The van der Waals surface area contributed by atoms with Gasteiger partial charge >= 0.3 is 0 Å². The lowest BCUT2D eigenvalue weighted by Gasteiger charge is -2.36. The van der Waals surface area contributed by atoms with E-state index in [-0.39, 0.29) is 6.04 Å². The van der Waals surface area contributed by atoms with Crippen LogP contribution in [0.3, 0.4) is 0 Å². The average Bonchev–Trinajstić information content (AvgIpc) is 2.74. The van der Waals surface area contributed by atoms with Crippen LogP contribution in [0.4, 0.5) is 0 Å². The van der Waals surface area contributed by atoms with Crippen molar-refractivity contribution in [3.63, 3.8) is 0 Å². The number of nitrogens with two attached hydrogens (primary N) is 1. The molecular formula is C15H27N3O. The highest BCUT2D eigenvalue weighted by Gasteiger charge is 2.30. The highest BCUT2D eigenvalue weighted by Crippen LogP contribution is 2.33. The molecule has 108 valence electrons. The van der Waals surface area contributed by atoms with Crippen molar-refractivity contribution in [1.82, 2.24) is 9.55 Å². The number of imidazole rings is 1. The maximum absolute atomic E-state index is 6.27. The zero-order valence-electron chi connectivity index (χ0n) is 12.2. The standard InChI is InChI=1S/C15H27N3O/c1-3-6-18-7-5-17-15(18)11-13(16)8-12-9-14(10-12)19-4-2/h5,7,12-14H,3-4,6,8-11,16H2,1-2H3. The number of aryl methyl sites for hydroxylation is 1. The van der Waals surface area contributed by atoms with Crippen LogP contribution < -0.4 is 5.73 Å². The molecule has 19 heavy (non-hydrogen) atoms. The molecule has 1 aliphatic carbocycles. The molecule has 0 bridgehead atoms. The van der Waals surface area contributed by atoms with E-state index in [1.807, 2.05) is 6.20 Å². The summed E-state index contributed by atoms with van der Waals surface area (Å²) in [6, 6.07) is 0.227. The Bertz CT molecular complexity index is 371. The Labute approximate surface area is 116 Å². The van der Waals surface area contributed by atoms with Gasteiger partial charge in [0.05, 0.1) is 6.10 Å². The number of nitrogens with zero attached hydrogens (tertiary/aromatic N) is 2. The maximum atomic E-state index is 6.27. The minimum absolute atomic E-state index is 0.227. The van der Waals surface area contributed by atoms with Crippen LogP contribution in [0.1, 0.15) is 45.4 Å². The molecule has 0 aromatic carbocycles. The molecule has 4 nitrogen and oxygen atoms in total. The van der Waals surface area contributed by atoms with E-state index in [0.29, 0.717) is 6.10 Å². The van der Waals surface area contributed by atoms with Crippen LogP contribution in [-0.4, -0.2) is 28.3 Å². The molecule has 1 aromatic rings. The van der Waals surface area contributed by atoms with Crippen molar-refractivity contribution in [2.45, 2.75) is 64.6 Å². The van der Waals surface area contributed by atoms with Gasteiger partial charge in [-0.1, -0.05) is 6.92 Å². The topological polar surface area (TPSA) is 53.1 Å². The Hall–Kier alpha value is -0.870. The van der Waals surface area contributed by atoms with E-state index in [1.54, 1.807) is 0 Å². The molecule has 2 N–H and O–H groups in total. The normalized spacial score (nSPS) is 24.2. The fraction of sp³-hybridized carbons (Fsp3) is 0.800. The van der Waals surface area contributed by atoms with Crippen molar-refractivity contribution in [2.75, 3.05) is 6.61 Å². The average molecular weight is 265 g/mol. The molecule has 4 heteroatoms. The molecule has 1 aromatic heterocycles. The molecular weight excluding hydrogens is 238 g/mol. The Morgan fingerprint density at radius 1 is 1.47 bits per heavy atom. The minimum Gasteiger partial charge on any atom is -0.378 e. The largest absolute Gasteiger partial charge is 0.378 e. The summed E-state index contributed by atoms with van der Waals surface area (Å²) in [6.07, 6.45) is 9.93. The molecule has 0 saturated heterocycles. The number of hydrogen-bond donors (Lipinski definition) is 1. The van der Waals surface area contributed by atoms with E-state index in [1.165, 1.54) is 12.8 Å². The molecule has 1 aliphatic rings. The smallest absolute Gasteiger partial charge is 0.110 e. The summed E-state index contributed by atoms with van der Waals surface area (Å²) in [4.78, 5) is 4.43. The van der Waals surface area contributed by atoms with Crippen molar-refractivity contribution in [2.24, 2.45) is 11.7 Å². The van der Waals surface area contributed by atoms with Gasteiger partial charge in [0.1, 0.15) is 5.82 Å². The number of aromatic nitrogens is 2. The summed E-state index contributed by atoms with van der Waals surface area (Å²) in [6.45, 7) is 6.12. The third-order valence-corrected chi connectivity index (χ3v) is 3.94. The second kappa shape index (κ2) is 7.06. The second-order valence-electron chi connectivity index (χ2n) is 5.65. The first-order chi connectivity index (χ1) is 9.22. The van der Waals surface area contributed by atoms with E-state index >= 15 is 0 Å². The first-order valence-electron chi connectivity index (χ1n) is 7.60. The van der Waals surface area contributed by atoms with Crippen molar-refractivity contribution >= 4 is 0 Å². The van der Waals surface area contributed by atoms with Gasteiger partial charge in [-0.3, -0.25) is 0 Å². The minimum atomic E-state index is 0.227. The van der Waals surface area contributed by atoms with E-state index in [2.05, 4.69) is 29.6 Å². The van der Waals surface area contributed by atoms with Gasteiger partial charge in [0.15, 0.2) is 0 Å². The van der Waals surface area contributed by atoms with E-state index in [9.17, 15) is 0 Å². The van der Waals surface area contributed by atoms with Crippen LogP contribution in [0.15, 0.2) is 12.4 Å². The van der Waals surface area contributed by atoms with Gasteiger partial charge in [-0.05, 0) is 38.5 Å². The summed E-state index contributed by atoms with van der Waals surface area (Å²) in [5, 5.41) is 0. The van der Waals surface area contributed by atoms with E-state index in [0.717, 1.165) is 44.2 Å². The number of rotatable bonds is 8. The summed E-state index contributed by atoms with van der Waals surface area (Å²) in [5.74, 6) is 1.89. The van der Waals surface area contributed by atoms with Crippen molar-refractivity contribution in [3.05, 3.63) is 18.2 Å². The van der Waals surface area contributed by atoms with Crippen LogP contribution in [-0.2, 0) is 17.7 Å². The predicted molar refractivity (Wildman–Crippen MR) is 77.0 cm³/mol. The highest BCUT2D eigenvalue weighted by atomic mass is 16.5. The Kier molecular flexibility index (Phi) is 5.40. The van der Waals surface area contributed by atoms with Gasteiger partial charge in [0, 0.05) is 38.0 Å². The molecule has 1 saturated carbocycles. The molecule has 0 radical (unpaired) electrons. The van der Waals surface area contributed by atoms with E-state index in [4.69, 9.17) is 10.5 Å². The quantitative estimate of drug-likeness (QED) is 0.785. The van der Waals surface area contributed by atoms with Crippen molar-refractivity contribution in [3.8, 4) is 0 Å². The number of ether oxygens (including phenoxy) is 1. The highest BCUT2D eigenvalue weighted by molar-refractivity contribution is 4.96. The SMILES string of the molecule is CCCn1ccnc1CC(N)CC1CC(OCC)C1. The molecule has 1 unspecified atom stereocenters. The Morgan fingerprint density at radius 3 is 2.95 bits per heavy atom. The second-order valence-corrected chi connectivity index (χ2v) is 5.65. The summed E-state index contributed by atoms with van der Waals surface area (Å²) >= 11 is 0. The molecule has 0 amide bonds. The predicted octanol–water partition coefficient (Wildman–Crippen LogP) is 2.37. The molecule has 1 fully saturated rings. The van der Waals surface area contributed by atoms with Crippen LogP contribution in [0.5, 0.6) is 0 Å². The van der Waals surface area contributed by atoms with E-state index < -0.39 is 0 Å². The molecule has 2 rings (SSSR count). The van der Waals surface area contributed by atoms with Gasteiger partial charge in [-0.25, -0.2) is 4.98 Å². The Morgan fingerprint density at radius 2 is 2.26 bits per heavy atom. The van der Waals surface area contributed by atoms with Crippen LogP contribution in [0.25, 0.3) is 0 Å². The lowest BCUT2D eigenvalue weighted by molar-refractivity contribution is -0.0281. The summed E-state index contributed by atoms with van der Waals surface area (Å²) < 4.78 is 7.82. The summed E-state index contributed by atoms with van der Waals surface area (Å²) in [5.41, 5.74) is 6.27. The van der Waals surface area contributed by atoms with Crippen LogP contribution in [0.2, 0.25) is 0 Å². The van der Waals surface area contributed by atoms with Gasteiger partial charge in [-0.15, -0.1) is 0 Å². The lowest BCUT2D eigenvalue weighted by Crippen LogP contribution is -2.37. The Balaban J connectivity index is 1.72.